The summed E-state index contributed by atoms with van der Waals surface area (Å²) in [6, 6.07) is 8.13. The van der Waals surface area contributed by atoms with E-state index >= 15 is 0 Å². The number of nitrogens with zero attached hydrogens (tertiary/aromatic N) is 4. The molecule has 0 N–H and O–H groups in total. The van der Waals surface area contributed by atoms with Crippen molar-refractivity contribution in [1.29, 1.82) is 0 Å². The number of para-hydroxylation sites is 1. The predicted molar refractivity (Wildman–Crippen MR) is 108 cm³/mol. The number of benzene rings is 1. The summed E-state index contributed by atoms with van der Waals surface area (Å²) in [5.74, 6) is 0.379. The number of carbonyl (C=O) groups is 1. The van der Waals surface area contributed by atoms with E-state index in [0.29, 0.717) is 29.9 Å². The molecule has 8 heteroatoms. The van der Waals surface area contributed by atoms with E-state index in [1.165, 1.54) is 10.7 Å². The molecule has 3 aromatic rings. The van der Waals surface area contributed by atoms with Gasteiger partial charge in [0.1, 0.15) is 11.4 Å². The van der Waals surface area contributed by atoms with Crippen molar-refractivity contribution >= 4 is 16.9 Å². The summed E-state index contributed by atoms with van der Waals surface area (Å²) >= 11 is 0. The Kier molecular flexibility index (Phi) is 4.86. The molecule has 1 saturated heterocycles. The minimum Gasteiger partial charge on any atom is -0.451 e. The lowest BCUT2D eigenvalue weighted by Crippen LogP contribution is -2.40. The second kappa shape index (κ2) is 7.35. The number of carbonyl (C=O) groups excluding carboxylic acids is 1. The maximum absolute atomic E-state index is 13.1. The van der Waals surface area contributed by atoms with Gasteiger partial charge in [-0.1, -0.05) is 12.1 Å². The van der Waals surface area contributed by atoms with Gasteiger partial charge in [0.05, 0.1) is 5.39 Å². The van der Waals surface area contributed by atoms with Crippen LogP contribution in [-0.4, -0.2) is 38.2 Å². The van der Waals surface area contributed by atoms with Crippen LogP contribution in [0, 0.1) is 0 Å². The molecular weight excluding hydrogens is 372 g/mol. The molecule has 8 nitrogen and oxygen atoms in total. The van der Waals surface area contributed by atoms with E-state index in [9.17, 15) is 14.4 Å². The Morgan fingerprint density at radius 2 is 2.00 bits per heavy atom. The molecule has 1 aromatic carbocycles. The fourth-order valence-electron chi connectivity index (χ4n) is 4.00. The fourth-order valence-corrected chi connectivity index (χ4v) is 4.00. The first-order valence-electron chi connectivity index (χ1n) is 9.84. The molecule has 1 amide bonds. The molecule has 29 heavy (non-hydrogen) atoms. The number of fused-ring (bicyclic) bond motifs is 1. The summed E-state index contributed by atoms with van der Waals surface area (Å²) in [6.45, 7) is 4.90. The number of hydrogen-bond acceptors (Lipinski definition) is 5. The summed E-state index contributed by atoms with van der Waals surface area (Å²) in [5.41, 5.74) is 0.0105. The van der Waals surface area contributed by atoms with Crippen LogP contribution in [0.4, 0.5) is 0 Å². The summed E-state index contributed by atoms with van der Waals surface area (Å²) in [5, 5.41) is 4.89. The lowest BCUT2D eigenvalue weighted by Gasteiger charge is -2.32. The van der Waals surface area contributed by atoms with Crippen LogP contribution in [0.3, 0.4) is 0 Å². The van der Waals surface area contributed by atoms with Gasteiger partial charge in [-0.05, 0) is 38.8 Å². The van der Waals surface area contributed by atoms with Gasteiger partial charge in [0, 0.05) is 38.2 Å². The molecule has 1 aliphatic heterocycles. The number of aromatic nitrogens is 3. The third-order valence-corrected chi connectivity index (χ3v) is 5.42. The lowest BCUT2D eigenvalue weighted by molar-refractivity contribution is 0.0671. The number of likely N-dealkylation sites (tertiary alicyclic amines) is 1. The van der Waals surface area contributed by atoms with Gasteiger partial charge in [0.25, 0.3) is 5.91 Å². The topological polar surface area (TPSA) is 90.3 Å². The molecule has 0 saturated carbocycles. The molecule has 0 radical (unpaired) electrons. The average Bonchev–Trinajstić information content (AvgIpc) is 3.02. The average molecular weight is 396 g/mol. The molecular formula is C21H24N4O4. The molecule has 0 bridgehead atoms. The van der Waals surface area contributed by atoms with Crippen molar-refractivity contribution in [3.63, 3.8) is 0 Å². The van der Waals surface area contributed by atoms with Crippen molar-refractivity contribution in [2.45, 2.75) is 38.6 Å². The van der Waals surface area contributed by atoms with E-state index in [1.807, 2.05) is 13.8 Å². The van der Waals surface area contributed by atoms with Crippen LogP contribution in [0.15, 0.2) is 44.3 Å². The highest BCUT2D eigenvalue weighted by Gasteiger charge is 2.31. The minimum absolute atomic E-state index is 0.0178. The highest BCUT2D eigenvalue weighted by Crippen LogP contribution is 2.27. The molecule has 1 aliphatic rings. The first-order chi connectivity index (χ1) is 13.9. The molecule has 3 heterocycles. The van der Waals surface area contributed by atoms with E-state index in [-0.39, 0.29) is 34.7 Å². The summed E-state index contributed by atoms with van der Waals surface area (Å²) < 4.78 is 8.75. The number of rotatable bonds is 3. The second-order valence-corrected chi connectivity index (χ2v) is 7.79. The molecule has 4 rings (SSSR count). The third kappa shape index (κ3) is 3.39. The van der Waals surface area contributed by atoms with Crippen LogP contribution >= 0.6 is 0 Å². The molecule has 1 fully saturated rings. The first-order valence-corrected chi connectivity index (χ1v) is 9.84. The van der Waals surface area contributed by atoms with Gasteiger partial charge in [0.15, 0.2) is 11.2 Å². The quantitative estimate of drug-likeness (QED) is 0.678. The van der Waals surface area contributed by atoms with E-state index < -0.39 is 0 Å². The van der Waals surface area contributed by atoms with Crippen LogP contribution < -0.4 is 11.1 Å². The van der Waals surface area contributed by atoms with Crippen LogP contribution in [-0.2, 0) is 7.05 Å². The van der Waals surface area contributed by atoms with Crippen molar-refractivity contribution in [2.75, 3.05) is 13.1 Å². The van der Waals surface area contributed by atoms with Gasteiger partial charge in [-0.3, -0.25) is 14.2 Å². The zero-order valence-electron chi connectivity index (χ0n) is 16.8. The van der Waals surface area contributed by atoms with Crippen molar-refractivity contribution in [3.8, 4) is 0 Å². The third-order valence-electron chi connectivity index (χ3n) is 5.42. The highest BCUT2D eigenvalue weighted by molar-refractivity contribution is 5.93. The van der Waals surface area contributed by atoms with Crippen LogP contribution in [0.25, 0.3) is 11.0 Å². The molecule has 0 aliphatic carbocycles. The summed E-state index contributed by atoms with van der Waals surface area (Å²) in [4.78, 5) is 39.5. The van der Waals surface area contributed by atoms with E-state index in [0.717, 1.165) is 12.8 Å². The van der Waals surface area contributed by atoms with Crippen molar-refractivity contribution in [1.82, 2.24) is 19.2 Å². The van der Waals surface area contributed by atoms with E-state index in [2.05, 4.69) is 5.10 Å². The van der Waals surface area contributed by atoms with Crippen LogP contribution in [0.1, 0.15) is 55.0 Å². The minimum atomic E-state index is -0.313. The van der Waals surface area contributed by atoms with Crippen LogP contribution in [0.5, 0.6) is 0 Å². The first kappa shape index (κ1) is 19.2. The standard InChI is InChI=1S/C21H24N4O4/c1-13(2)25-19(22-23(3)21(25)28)14-7-6-10-24(12-14)20(27)18-11-16(26)15-8-4-5-9-17(15)29-18/h4-5,8-9,11,13-14H,6-7,10,12H2,1-3H3. The van der Waals surface area contributed by atoms with Crippen molar-refractivity contribution in [3.05, 3.63) is 62.6 Å². The Bertz CT molecular complexity index is 1190. The Labute approximate surface area is 167 Å². The zero-order chi connectivity index (χ0) is 20.7. The monoisotopic (exact) mass is 396 g/mol. The maximum Gasteiger partial charge on any atom is 0.345 e. The van der Waals surface area contributed by atoms with Crippen LogP contribution in [0.2, 0.25) is 0 Å². The maximum atomic E-state index is 13.1. The van der Waals surface area contributed by atoms with Crippen molar-refractivity contribution < 1.29 is 9.21 Å². The summed E-state index contributed by atoms with van der Waals surface area (Å²) in [6.07, 6.45) is 1.63. The fraction of sp³-hybridized carbons (Fsp3) is 0.429. The highest BCUT2D eigenvalue weighted by atomic mass is 16.3. The van der Waals surface area contributed by atoms with Gasteiger partial charge >= 0.3 is 5.69 Å². The second-order valence-electron chi connectivity index (χ2n) is 7.79. The number of aryl methyl sites for hydroxylation is 1. The number of piperidine rings is 1. The normalized spacial score (nSPS) is 17.2. The molecule has 0 spiro atoms. The molecule has 152 valence electrons. The largest absolute Gasteiger partial charge is 0.451 e. The summed E-state index contributed by atoms with van der Waals surface area (Å²) in [7, 11) is 1.64. The molecule has 2 aromatic heterocycles. The SMILES string of the molecule is CC(C)n1c(C2CCCN(C(=O)c3cc(=O)c4ccccc4o3)C2)nn(C)c1=O. The van der Waals surface area contributed by atoms with Crippen molar-refractivity contribution in [2.24, 2.45) is 7.05 Å². The van der Waals surface area contributed by atoms with Gasteiger partial charge in [-0.25, -0.2) is 9.48 Å². The van der Waals surface area contributed by atoms with Gasteiger partial charge in [-0.15, -0.1) is 0 Å². The predicted octanol–water partition coefficient (Wildman–Crippen LogP) is 2.29. The number of amides is 1. The molecule has 1 unspecified atom stereocenters. The van der Waals surface area contributed by atoms with E-state index in [4.69, 9.17) is 4.42 Å². The Morgan fingerprint density at radius 1 is 1.24 bits per heavy atom. The number of hydrogen-bond donors (Lipinski definition) is 0. The Balaban J connectivity index is 1.64. The Morgan fingerprint density at radius 3 is 2.76 bits per heavy atom. The Hall–Kier alpha value is -3.16. The lowest BCUT2D eigenvalue weighted by atomic mass is 9.96. The zero-order valence-corrected chi connectivity index (χ0v) is 16.8. The van der Waals surface area contributed by atoms with Gasteiger partial charge in [0.2, 0.25) is 0 Å². The van der Waals surface area contributed by atoms with Gasteiger partial charge < -0.3 is 9.32 Å². The van der Waals surface area contributed by atoms with Gasteiger partial charge in [-0.2, -0.15) is 5.10 Å². The van der Waals surface area contributed by atoms with E-state index in [1.54, 1.807) is 40.8 Å². The molecule has 1 atom stereocenters. The smallest absolute Gasteiger partial charge is 0.345 e.